The summed E-state index contributed by atoms with van der Waals surface area (Å²) in [6.45, 7) is 6.28. The van der Waals surface area contributed by atoms with Crippen molar-refractivity contribution in [1.29, 1.82) is 0 Å². The van der Waals surface area contributed by atoms with Crippen molar-refractivity contribution in [2.75, 3.05) is 6.54 Å². The Morgan fingerprint density at radius 1 is 1.18 bits per heavy atom. The molecule has 0 aliphatic rings. The van der Waals surface area contributed by atoms with E-state index in [9.17, 15) is 0 Å². The van der Waals surface area contributed by atoms with Gasteiger partial charge in [-0.05, 0) is 31.0 Å². The number of para-hydroxylation sites is 1. The van der Waals surface area contributed by atoms with Gasteiger partial charge in [0, 0.05) is 49.1 Å². The molecule has 0 unspecified atom stereocenters. The highest BCUT2D eigenvalue weighted by Crippen LogP contribution is 2.21. The summed E-state index contributed by atoms with van der Waals surface area (Å²) in [4.78, 5) is 4.06. The number of aromatic nitrogens is 3. The number of rotatable bonds is 8. The molecule has 1 aromatic carbocycles. The van der Waals surface area contributed by atoms with Crippen LogP contribution in [0.3, 0.4) is 0 Å². The highest BCUT2D eigenvalue weighted by molar-refractivity contribution is 5.83. The highest BCUT2D eigenvalue weighted by Gasteiger charge is 2.06. The van der Waals surface area contributed by atoms with E-state index in [1.165, 1.54) is 16.5 Å². The largest absolute Gasteiger partial charge is 0.347 e. The van der Waals surface area contributed by atoms with Crippen molar-refractivity contribution in [3.05, 3.63) is 54.7 Å². The van der Waals surface area contributed by atoms with Crippen LogP contribution >= 0.6 is 0 Å². The molecule has 1 N–H and O–H groups in total. The number of nitrogens with zero attached hydrogens (tertiary/aromatic N) is 3. The first-order valence-electron chi connectivity index (χ1n) is 8.11. The summed E-state index contributed by atoms with van der Waals surface area (Å²) < 4.78 is 4.49. The lowest BCUT2D eigenvalue weighted by Crippen LogP contribution is -2.16. The molecule has 4 heteroatoms. The van der Waals surface area contributed by atoms with Crippen molar-refractivity contribution < 1.29 is 0 Å². The second-order valence-electron chi connectivity index (χ2n) is 5.70. The molecule has 0 spiro atoms. The lowest BCUT2D eigenvalue weighted by Gasteiger charge is -2.04. The highest BCUT2D eigenvalue weighted by atomic mass is 15.0. The first-order chi connectivity index (χ1) is 10.9. The van der Waals surface area contributed by atoms with Crippen LogP contribution in [0.1, 0.15) is 25.3 Å². The van der Waals surface area contributed by atoms with Crippen LogP contribution in [-0.4, -0.2) is 20.7 Å². The van der Waals surface area contributed by atoms with Crippen molar-refractivity contribution in [3.8, 4) is 0 Å². The van der Waals surface area contributed by atoms with E-state index in [4.69, 9.17) is 0 Å². The molecule has 0 fully saturated rings. The predicted octanol–water partition coefficient (Wildman–Crippen LogP) is 3.43. The molecular weight excluding hydrogens is 272 g/mol. The molecule has 0 saturated carbocycles. The van der Waals surface area contributed by atoms with Gasteiger partial charge in [0.05, 0.1) is 6.33 Å². The molecule has 0 aliphatic heterocycles. The topological polar surface area (TPSA) is 34.8 Å². The number of fused-ring (bicyclic) bond motifs is 1. The summed E-state index contributed by atoms with van der Waals surface area (Å²) in [5, 5.41) is 4.94. The number of nitrogens with one attached hydrogen (secondary N) is 1. The fourth-order valence-corrected chi connectivity index (χ4v) is 2.92. The smallest absolute Gasteiger partial charge is 0.0945 e. The van der Waals surface area contributed by atoms with E-state index in [2.05, 4.69) is 56.8 Å². The maximum absolute atomic E-state index is 4.06. The monoisotopic (exact) mass is 296 g/mol. The third kappa shape index (κ3) is 3.39. The van der Waals surface area contributed by atoms with Crippen LogP contribution in [0.4, 0.5) is 0 Å². The van der Waals surface area contributed by atoms with E-state index >= 15 is 0 Å². The average molecular weight is 296 g/mol. The molecule has 2 heterocycles. The number of hydrogen-bond donors (Lipinski definition) is 1. The fraction of sp³-hybridized carbons (Fsp3) is 0.389. The van der Waals surface area contributed by atoms with Gasteiger partial charge in [-0.2, -0.15) is 0 Å². The third-order valence-electron chi connectivity index (χ3n) is 3.98. The Morgan fingerprint density at radius 2 is 2.09 bits per heavy atom. The molecule has 0 aliphatic carbocycles. The van der Waals surface area contributed by atoms with Gasteiger partial charge in [-0.25, -0.2) is 4.98 Å². The van der Waals surface area contributed by atoms with Crippen LogP contribution in [0, 0.1) is 0 Å². The Morgan fingerprint density at radius 3 is 2.91 bits per heavy atom. The molecule has 3 aromatic rings. The minimum absolute atomic E-state index is 0.932. The SMILES string of the molecule is CCCn1cc(CNCCCn2ccnc2)c2ccccc21. The van der Waals surface area contributed by atoms with Crippen molar-refractivity contribution in [2.45, 2.75) is 39.4 Å². The zero-order valence-electron chi connectivity index (χ0n) is 13.2. The summed E-state index contributed by atoms with van der Waals surface area (Å²) in [5.41, 5.74) is 2.74. The maximum Gasteiger partial charge on any atom is 0.0945 e. The molecule has 0 atom stereocenters. The quantitative estimate of drug-likeness (QED) is 0.646. The van der Waals surface area contributed by atoms with Crippen LogP contribution < -0.4 is 5.32 Å². The van der Waals surface area contributed by atoms with Gasteiger partial charge in [-0.15, -0.1) is 0 Å². The minimum Gasteiger partial charge on any atom is -0.347 e. The third-order valence-corrected chi connectivity index (χ3v) is 3.98. The normalized spacial score (nSPS) is 11.3. The summed E-state index contributed by atoms with van der Waals surface area (Å²) in [5.74, 6) is 0. The molecule has 4 nitrogen and oxygen atoms in total. The first kappa shape index (κ1) is 14.9. The van der Waals surface area contributed by atoms with E-state index < -0.39 is 0 Å². The molecular formula is C18H24N4. The first-order valence-corrected chi connectivity index (χ1v) is 8.11. The van der Waals surface area contributed by atoms with E-state index in [0.29, 0.717) is 0 Å². The van der Waals surface area contributed by atoms with Gasteiger partial charge in [0.1, 0.15) is 0 Å². The van der Waals surface area contributed by atoms with Crippen LogP contribution in [0.15, 0.2) is 49.2 Å². The predicted molar refractivity (Wildman–Crippen MR) is 90.8 cm³/mol. The van der Waals surface area contributed by atoms with Crippen molar-refractivity contribution >= 4 is 10.9 Å². The van der Waals surface area contributed by atoms with Gasteiger partial charge in [-0.3, -0.25) is 0 Å². The van der Waals surface area contributed by atoms with Crippen LogP contribution in [0.25, 0.3) is 10.9 Å². The number of imidazole rings is 1. The Kier molecular flexibility index (Phi) is 4.91. The van der Waals surface area contributed by atoms with Crippen LogP contribution in [0.5, 0.6) is 0 Å². The maximum atomic E-state index is 4.06. The Balaban J connectivity index is 1.57. The van der Waals surface area contributed by atoms with Gasteiger partial charge in [0.2, 0.25) is 0 Å². The number of hydrogen-bond acceptors (Lipinski definition) is 2. The van der Waals surface area contributed by atoms with Gasteiger partial charge in [-0.1, -0.05) is 25.1 Å². The van der Waals surface area contributed by atoms with E-state index in [0.717, 1.165) is 39.0 Å². The average Bonchev–Trinajstić information content (AvgIpc) is 3.17. The van der Waals surface area contributed by atoms with E-state index in [1.807, 2.05) is 18.7 Å². The van der Waals surface area contributed by atoms with E-state index in [1.54, 1.807) is 0 Å². The molecule has 0 radical (unpaired) electrons. The number of aryl methyl sites for hydroxylation is 2. The molecule has 0 bridgehead atoms. The molecule has 116 valence electrons. The lowest BCUT2D eigenvalue weighted by molar-refractivity contribution is 0.580. The Bertz CT molecular complexity index is 697. The molecule has 22 heavy (non-hydrogen) atoms. The summed E-state index contributed by atoms with van der Waals surface area (Å²) in [6, 6.07) is 8.69. The van der Waals surface area contributed by atoms with Gasteiger partial charge in [0.25, 0.3) is 0 Å². The standard InChI is InChI=1S/C18H24N4/c1-2-10-22-14-16(17-6-3-4-7-18(17)22)13-19-8-5-11-21-12-9-20-15-21/h3-4,6-7,9,12,14-15,19H,2,5,8,10-11,13H2,1H3. The summed E-state index contributed by atoms with van der Waals surface area (Å²) in [7, 11) is 0. The van der Waals surface area contributed by atoms with E-state index in [-0.39, 0.29) is 0 Å². The minimum atomic E-state index is 0.932. The van der Waals surface area contributed by atoms with Gasteiger partial charge < -0.3 is 14.5 Å². The molecule has 3 rings (SSSR count). The molecule has 2 aromatic heterocycles. The summed E-state index contributed by atoms with van der Waals surface area (Å²) in [6.07, 6.45) is 10.3. The van der Waals surface area contributed by atoms with Crippen molar-refractivity contribution in [2.24, 2.45) is 0 Å². The summed E-state index contributed by atoms with van der Waals surface area (Å²) >= 11 is 0. The molecule has 0 saturated heterocycles. The lowest BCUT2D eigenvalue weighted by atomic mass is 10.2. The second kappa shape index (κ2) is 7.27. The molecule has 0 amide bonds. The zero-order chi connectivity index (χ0) is 15.2. The Labute approximate surface area is 131 Å². The van der Waals surface area contributed by atoms with Gasteiger partial charge in [0.15, 0.2) is 0 Å². The Hall–Kier alpha value is -2.07. The number of benzene rings is 1. The second-order valence-corrected chi connectivity index (χ2v) is 5.70. The van der Waals surface area contributed by atoms with Crippen LogP contribution in [0.2, 0.25) is 0 Å². The van der Waals surface area contributed by atoms with Crippen molar-refractivity contribution in [1.82, 2.24) is 19.4 Å². The van der Waals surface area contributed by atoms with Gasteiger partial charge >= 0.3 is 0 Å². The zero-order valence-corrected chi connectivity index (χ0v) is 13.2. The van der Waals surface area contributed by atoms with Crippen LogP contribution in [-0.2, 0) is 19.6 Å². The fourth-order valence-electron chi connectivity index (χ4n) is 2.92. The van der Waals surface area contributed by atoms with Crippen molar-refractivity contribution in [3.63, 3.8) is 0 Å².